The van der Waals surface area contributed by atoms with E-state index in [2.05, 4.69) is 9.97 Å². The zero-order chi connectivity index (χ0) is 21.5. The number of halogens is 1. The third-order valence-electron chi connectivity index (χ3n) is 5.01. The van der Waals surface area contributed by atoms with E-state index < -0.39 is 7.75 Å². The first kappa shape index (κ1) is 20.9. The number of aromatic nitrogens is 3. The fourth-order valence-corrected chi connectivity index (χ4v) is 4.36. The average molecular weight is 454 g/mol. The van der Waals surface area contributed by atoms with Crippen LogP contribution in [0.2, 0.25) is 5.02 Å². The number of piperazine rings is 1. The Kier molecular flexibility index (Phi) is 5.61. The molecular formula is C18H21ClN5O5P. The Morgan fingerprint density at radius 1 is 1.07 bits per heavy atom. The Balaban J connectivity index is 1.63. The molecule has 0 amide bonds. The lowest BCUT2D eigenvalue weighted by Crippen LogP contribution is -2.45. The summed E-state index contributed by atoms with van der Waals surface area (Å²) in [6.45, 7) is 1.45. The van der Waals surface area contributed by atoms with E-state index in [0.29, 0.717) is 52.5 Å². The summed E-state index contributed by atoms with van der Waals surface area (Å²) in [6.07, 6.45) is 3.68. The number of benzene rings is 1. The van der Waals surface area contributed by atoms with Crippen LogP contribution in [0.3, 0.4) is 0 Å². The molecule has 4 rings (SSSR count). The zero-order valence-electron chi connectivity index (χ0n) is 16.4. The van der Waals surface area contributed by atoms with E-state index >= 15 is 0 Å². The van der Waals surface area contributed by atoms with Crippen molar-refractivity contribution in [2.24, 2.45) is 0 Å². The van der Waals surface area contributed by atoms with Crippen LogP contribution in [0.5, 0.6) is 11.5 Å². The molecule has 0 radical (unpaired) electrons. The van der Waals surface area contributed by atoms with Crippen LogP contribution in [-0.2, 0) is 4.57 Å². The quantitative estimate of drug-likeness (QED) is 0.562. The third kappa shape index (κ3) is 3.97. The number of nitrogens with zero attached hydrogens (tertiary/aromatic N) is 5. The molecule has 0 unspecified atom stereocenters. The molecule has 1 fully saturated rings. The first-order chi connectivity index (χ1) is 14.3. The summed E-state index contributed by atoms with van der Waals surface area (Å²) in [5.74, 6) is 2.28. The smallest absolute Gasteiger partial charge is 0.403 e. The van der Waals surface area contributed by atoms with E-state index in [9.17, 15) is 14.4 Å². The molecule has 3 aromatic rings. The largest absolute Gasteiger partial charge is 0.496 e. The van der Waals surface area contributed by atoms with Crippen molar-refractivity contribution in [3.8, 4) is 22.8 Å². The minimum absolute atomic E-state index is 0.262. The van der Waals surface area contributed by atoms with Gasteiger partial charge in [-0.25, -0.2) is 14.2 Å². The van der Waals surface area contributed by atoms with Crippen LogP contribution in [-0.4, -0.2) is 69.2 Å². The van der Waals surface area contributed by atoms with Crippen LogP contribution in [0, 0.1) is 0 Å². The van der Waals surface area contributed by atoms with Gasteiger partial charge in [-0.05, 0) is 12.1 Å². The van der Waals surface area contributed by atoms with E-state index in [1.54, 1.807) is 23.6 Å². The van der Waals surface area contributed by atoms with Gasteiger partial charge in [0.15, 0.2) is 0 Å². The Morgan fingerprint density at radius 2 is 1.77 bits per heavy atom. The van der Waals surface area contributed by atoms with Gasteiger partial charge in [0.2, 0.25) is 5.78 Å². The van der Waals surface area contributed by atoms with Crippen molar-refractivity contribution in [2.75, 3.05) is 45.3 Å². The van der Waals surface area contributed by atoms with Crippen LogP contribution >= 0.6 is 19.3 Å². The summed E-state index contributed by atoms with van der Waals surface area (Å²) >= 11 is 6.28. The number of hydrogen-bond donors (Lipinski definition) is 2. The average Bonchev–Trinajstić information content (AvgIpc) is 3.16. The van der Waals surface area contributed by atoms with Gasteiger partial charge in [-0.3, -0.25) is 4.40 Å². The predicted octanol–water partition coefficient (Wildman–Crippen LogP) is 2.28. The number of fused-ring (bicyclic) bond motifs is 1. The highest BCUT2D eigenvalue weighted by atomic mass is 35.5. The van der Waals surface area contributed by atoms with Crippen molar-refractivity contribution >= 4 is 30.9 Å². The first-order valence-corrected chi connectivity index (χ1v) is 11.1. The topological polar surface area (TPSA) is 113 Å². The van der Waals surface area contributed by atoms with Gasteiger partial charge in [-0.1, -0.05) is 11.6 Å². The van der Waals surface area contributed by atoms with Crippen LogP contribution < -0.4 is 14.4 Å². The standard InChI is InChI=1S/C18H21ClN5O5P/c1-28-15-10-16(29-2)13(19)9-12(15)14-11-23-4-3-17(21-18(23)20-14)22-5-7-24(8-6-22)30(25,26)27/h3-4,9-11H,5-8H2,1-2H3,(H2,25,26,27). The monoisotopic (exact) mass is 453 g/mol. The van der Waals surface area contributed by atoms with Crippen molar-refractivity contribution in [3.63, 3.8) is 0 Å². The van der Waals surface area contributed by atoms with Crippen LogP contribution in [0.4, 0.5) is 5.82 Å². The molecule has 1 saturated heterocycles. The second-order valence-electron chi connectivity index (χ2n) is 6.76. The third-order valence-corrected chi connectivity index (χ3v) is 6.44. The predicted molar refractivity (Wildman–Crippen MR) is 112 cm³/mol. The molecule has 1 aliphatic rings. The molecule has 1 aliphatic heterocycles. The molecule has 2 aromatic heterocycles. The minimum Gasteiger partial charge on any atom is -0.496 e. The van der Waals surface area contributed by atoms with Crippen molar-refractivity contribution < 1.29 is 23.8 Å². The van der Waals surface area contributed by atoms with Crippen molar-refractivity contribution in [1.82, 2.24) is 19.0 Å². The Labute approximate surface area is 177 Å². The summed E-state index contributed by atoms with van der Waals surface area (Å²) in [6, 6.07) is 5.30. The van der Waals surface area contributed by atoms with Gasteiger partial charge in [0, 0.05) is 50.2 Å². The second kappa shape index (κ2) is 8.05. The second-order valence-corrected chi connectivity index (χ2v) is 8.76. The fourth-order valence-electron chi connectivity index (χ4n) is 3.41. The number of ether oxygens (including phenoxy) is 2. The maximum Gasteiger partial charge on any atom is 0.403 e. The normalized spacial score (nSPS) is 15.6. The van der Waals surface area contributed by atoms with Crippen LogP contribution in [0.15, 0.2) is 30.6 Å². The molecule has 160 valence electrons. The van der Waals surface area contributed by atoms with Crippen molar-refractivity contribution in [3.05, 3.63) is 35.6 Å². The highest BCUT2D eigenvalue weighted by Crippen LogP contribution is 2.41. The van der Waals surface area contributed by atoms with Gasteiger partial charge in [-0.2, -0.15) is 4.98 Å². The Hall–Kier alpha value is -2.36. The SMILES string of the molecule is COc1cc(OC)c(-c2cn3ccc(N4CCN(P(=O)(O)O)CC4)nc3n2)cc1Cl. The van der Waals surface area contributed by atoms with Gasteiger partial charge in [0.25, 0.3) is 0 Å². The fraction of sp³-hybridized carbons (Fsp3) is 0.333. The van der Waals surface area contributed by atoms with Gasteiger partial charge in [0.05, 0.1) is 24.9 Å². The Morgan fingerprint density at radius 3 is 2.40 bits per heavy atom. The van der Waals surface area contributed by atoms with Crippen molar-refractivity contribution in [2.45, 2.75) is 0 Å². The molecule has 0 saturated carbocycles. The van der Waals surface area contributed by atoms with E-state index in [1.165, 1.54) is 11.8 Å². The highest BCUT2D eigenvalue weighted by Gasteiger charge is 2.29. The van der Waals surface area contributed by atoms with E-state index in [-0.39, 0.29) is 13.1 Å². The van der Waals surface area contributed by atoms with E-state index in [0.717, 1.165) is 0 Å². The van der Waals surface area contributed by atoms with Crippen LogP contribution in [0.1, 0.15) is 0 Å². The minimum atomic E-state index is -4.21. The molecular weight excluding hydrogens is 433 g/mol. The first-order valence-electron chi connectivity index (χ1n) is 9.13. The summed E-state index contributed by atoms with van der Waals surface area (Å²) < 4.78 is 25.1. The summed E-state index contributed by atoms with van der Waals surface area (Å²) in [5.41, 5.74) is 1.36. The lowest BCUT2D eigenvalue weighted by Gasteiger charge is -2.35. The number of methoxy groups -OCH3 is 2. The maximum absolute atomic E-state index is 11.4. The number of rotatable bonds is 5. The molecule has 10 nitrogen and oxygen atoms in total. The molecule has 30 heavy (non-hydrogen) atoms. The lowest BCUT2D eigenvalue weighted by molar-refractivity contribution is 0.260. The molecule has 1 aromatic carbocycles. The van der Waals surface area contributed by atoms with Gasteiger partial charge in [-0.15, -0.1) is 0 Å². The number of anilines is 1. The molecule has 0 bridgehead atoms. The van der Waals surface area contributed by atoms with Gasteiger partial charge in [0.1, 0.15) is 17.3 Å². The lowest BCUT2D eigenvalue weighted by atomic mass is 10.1. The maximum atomic E-state index is 11.4. The highest BCUT2D eigenvalue weighted by molar-refractivity contribution is 7.49. The van der Waals surface area contributed by atoms with Crippen LogP contribution in [0.25, 0.3) is 17.0 Å². The van der Waals surface area contributed by atoms with E-state index in [4.69, 9.17) is 21.1 Å². The molecule has 2 N–H and O–H groups in total. The van der Waals surface area contributed by atoms with E-state index in [1.807, 2.05) is 23.4 Å². The molecule has 3 heterocycles. The molecule has 0 spiro atoms. The van der Waals surface area contributed by atoms with Crippen molar-refractivity contribution in [1.29, 1.82) is 0 Å². The summed E-state index contributed by atoms with van der Waals surface area (Å²) in [4.78, 5) is 29.8. The van der Waals surface area contributed by atoms with Gasteiger partial charge >= 0.3 is 7.75 Å². The number of imidazole rings is 1. The zero-order valence-corrected chi connectivity index (χ0v) is 18.0. The summed E-state index contributed by atoms with van der Waals surface area (Å²) in [5, 5.41) is 0.446. The molecule has 0 atom stereocenters. The molecule has 12 heteroatoms. The van der Waals surface area contributed by atoms with Gasteiger partial charge < -0.3 is 24.2 Å². The number of hydrogen-bond acceptors (Lipinski definition) is 6. The molecule has 0 aliphatic carbocycles. The summed E-state index contributed by atoms with van der Waals surface area (Å²) in [7, 11) is -1.11. The Bertz CT molecular complexity index is 1130.